The predicted molar refractivity (Wildman–Crippen MR) is 62.1 cm³/mol. The lowest BCUT2D eigenvalue weighted by atomic mass is 10.2. The molecule has 0 fully saturated rings. The number of benzene rings is 1. The highest BCUT2D eigenvalue weighted by Gasteiger charge is 2.06. The van der Waals surface area contributed by atoms with Crippen LogP contribution in [0.1, 0.15) is 0 Å². The van der Waals surface area contributed by atoms with Crippen molar-refractivity contribution in [1.82, 2.24) is 4.98 Å². The molecular formula is C11H6ClNS. The quantitative estimate of drug-likeness (QED) is 0.555. The van der Waals surface area contributed by atoms with Gasteiger partial charge in [-0.25, -0.2) is 0 Å². The smallest absolute Gasteiger partial charge is 0.0767 e. The molecule has 0 N–H and O–H groups in total. The molecule has 1 nitrogen and oxygen atoms in total. The fraction of sp³-hybridized carbons (Fsp3) is 0. The molecule has 0 spiro atoms. The number of hydrogen-bond donors (Lipinski definition) is 0. The van der Waals surface area contributed by atoms with Crippen molar-refractivity contribution in [2.24, 2.45) is 0 Å². The Bertz CT molecular complexity index is 615. The Kier molecular flexibility index (Phi) is 1.72. The number of hydrogen-bond acceptors (Lipinski definition) is 2. The van der Waals surface area contributed by atoms with Crippen molar-refractivity contribution in [2.45, 2.75) is 0 Å². The first kappa shape index (κ1) is 8.21. The van der Waals surface area contributed by atoms with Crippen LogP contribution >= 0.6 is 22.9 Å². The number of fused-ring (bicyclic) bond motifs is 3. The first-order valence-corrected chi connectivity index (χ1v) is 5.46. The van der Waals surface area contributed by atoms with Gasteiger partial charge in [0.15, 0.2) is 0 Å². The van der Waals surface area contributed by atoms with Crippen molar-refractivity contribution in [2.75, 3.05) is 0 Å². The maximum atomic E-state index is 6.08. The molecule has 3 heteroatoms. The van der Waals surface area contributed by atoms with Gasteiger partial charge in [-0.1, -0.05) is 29.8 Å². The summed E-state index contributed by atoms with van der Waals surface area (Å²) < 4.78 is 2.39. The Labute approximate surface area is 90.0 Å². The minimum Gasteiger partial charge on any atom is -0.262 e. The van der Waals surface area contributed by atoms with Crippen molar-refractivity contribution < 1.29 is 0 Å². The standard InChI is InChI=1S/C11H6ClNS/c12-9-6-13-5-8-7-3-1-2-4-10(7)14-11(8)9/h1-6H. The molecule has 1 aromatic carbocycles. The zero-order chi connectivity index (χ0) is 9.54. The van der Waals surface area contributed by atoms with Gasteiger partial charge < -0.3 is 0 Å². The summed E-state index contributed by atoms with van der Waals surface area (Å²) in [5.74, 6) is 0. The minimum atomic E-state index is 0.740. The molecule has 2 heterocycles. The van der Waals surface area contributed by atoms with Gasteiger partial charge in [-0.3, -0.25) is 4.98 Å². The van der Waals surface area contributed by atoms with Gasteiger partial charge >= 0.3 is 0 Å². The molecule has 14 heavy (non-hydrogen) atoms. The molecule has 0 saturated heterocycles. The van der Waals surface area contributed by atoms with Crippen LogP contribution in [0.4, 0.5) is 0 Å². The highest BCUT2D eigenvalue weighted by atomic mass is 35.5. The summed E-state index contributed by atoms with van der Waals surface area (Å²) in [6.45, 7) is 0. The third-order valence-corrected chi connectivity index (χ3v) is 3.86. The van der Waals surface area contributed by atoms with Crippen molar-refractivity contribution >= 4 is 43.1 Å². The molecule has 0 atom stereocenters. The van der Waals surface area contributed by atoms with Gasteiger partial charge in [0.1, 0.15) is 0 Å². The van der Waals surface area contributed by atoms with E-state index >= 15 is 0 Å². The van der Waals surface area contributed by atoms with Crippen LogP contribution < -0.4 is 0 Å². The number of thiophene rings is 1. The van der Waals surface area contributed by atoms with Gasteiger partial charge in [0.05, 0.1) is 9.72 Å². The number of nitrogens with zero attached hydrogens (tertiary/aromatic N) is 1. The Morgan fingerprint density at radius 2 is 1.93 bits per heavy atom. The summed E-state index contributed by atoms with van der Waals surface area (Å²) in [4.78, 5) is 4.11. The highest BCUT2D eigenvalue weighted by Crippen LogP contribution is 2.36. The van der Waals surface area contributed by atoms with Gasteiger partial charge in [-0.15, -0.1) is 11.3 Å². The molecule has 0 aliphatic carbocycles. The molecule has 3 aromatic rings. The van der Waals surface area contributed by atoms with E-state index in [1.165, 1.54) is 10.1 Å². The van der Waals surface area contributed by atoms with Crippen LogP contribution in [0, 0.1) is 0 Å². The van der Waals surface area contributed by atoms with Crippen LogP contribution in [0.15, 0.2) is 36.7 Å². The third kappa shape index (κ3) is 1.04. The zero-order valence-corrected chi connectivity index (χ0v) is 8.77. The topological polar surface area (TPSA) is 12.9 Å². The average molecular weight is 220 g/mol. The van der Waals surface area contributed by atoms with Crippen LogP contribution in [0.2, 0.25) is 5.02 Å². The van der Waals surface area contributed by atoms with E-state index in [1.54, 1.807) is 17.5 Å². The van der Waals surface area contributed by atoms with Crippen molar-refractivity contribution in [1.29, 1.82) is 0 Å². The summed E-state index contributed by atoms with van der Waals surface area (Å²) in [7, 11) is 0. The molecule has 0 bridgehead atoms. The van der Waals surface area contributed by atoms with Crippen LogP contribution in [0.25, 0.3) is 20.2 Å². The molecule has 3 rings (SSSR count). The summed E-state index contributed by atoms with van der Waals surface area (Å²) in [5.41, 5.74) is 0. The molecule has 0 amide bonds. The van der Waals surface area contributed by atoms with E-state index in [1.807, 2.05) is 18.3 Å². The number of aromatic nitrogens is 1. The van der Waals surface area contributed by atoms with E-state index in [4.69, 9.17) is 11.6 Å². The zero-order valence-electron chi connectivity index (χ0n) is 7.20. The summed E-state index contributed by atoms with van der Waals surface area (Å²) in [6.07, 6.45) is 3.57. The molecule has 2 aromatic heterocycles. The SMILES string of the molecule is Clc1cncc2c1sc1ccccc12. The number of rotatable bonds is 0. The van der Waals surface area contributed by atoms with E-state index in [0.717, 1.165) is 15.1 Å². The van der Waals surface area contributed by atoms with Crippen LogP contribution in [0.5, 0.6) is 0 Å². The van der Waals surface area contributed by atoms with E-state index in [2.05, 4.69) is 17.1 Å². The maximum absolute atomic E-state index is 6.08. The lowest BCUT2D eigenvalue weighted by molar-refractivity contribution is 1.37. The monoisotopic (exact) mass is 219 g/mol. The normalized spacial score (nSPS) is 11.2. The fourth-order valence-electron chi connectivity index (χ4n) is 1.61. The molecule has 0 unspecified atom stereocenters. The molecule has 0 aliphatic rings. The minimum absolute atomic E-state index is 0.740. The molecular weight excluding hydrogens is 214 g/mol. The van der Waals surface area contributed by atoms with Gasteiger partial charge in [0, 0.05) is 27.9 Å². The molecule has 0 aliphatic heterocycles. The largest absolute Gasteiger partial charge is 0.262 e. The van der Waals surface area contributed by atoms with E-state index in [9.17, 15) is 0 Å². The Balaban J connectivity index is 2.63. The van der Waals surface area contributed by atoms with Gasteiger partial charge in [-0.2, -0.15) is 0 Å². The Morgan fingerprint density at radius 3 is 2.86 bits per heavy atom. The summed E-state index contributed by atoms with van der Waals surface area (Å²) in [5, 5.41) is 3.13. The Hall–Kier alpha value is -1.12. The van der Waals surface area contributed by atoms with Crippen LogP contribution in [-0.2, 0) is 0 Å². The number of halogens is 1. The van der Waals surface area contributed by atoms with Crippen molar-refractivity contribution in [3.8, 4) is 0 Å². The fourth-order valence-corrected chi connectivity index (χ4v) is 2.96. The van der Waals surface area contributed by atoms with Gasteiger partial charge in [0.2, 0.25) is 0 Å². The van der Waals surface area contributed by atoms with Gasteiger partial charge in [-0.05, 0) is 6.07 Å². The second-order valence-electron chi connectivity index (χ2n) is 3.10. The third-order valence-electron chi connectivity index (χ3n) is 2.24. The lowest BCUT2D eigenvalue weighted by Gasteiger charge is -1.91. The van der Waals surface area contributed by atoms with Crippen LogP contribution in [0.3, 0.4) is 0 Å². The van der Waals surface area contributed by atoms with Crippen molar-refractivity contribution in [3.05, 3.63) is 41.7 Å². The summed E-state index contributed by atoms with van der Waals surface area (Å²) >= 11 is 7.79. The van der Waals surface area contributed by atoms with E-state index in [0.29, 0.717) is 0 Å². The maximum Gasteiger partial charge on any atom is 0.0767 e. The first-order valence-electron chi connectivity index (χ1n) is 4.27. The van der Waals surface area contributed by atoms with E-state index in [-0.39, 0.29) is 0 Å². The van der Waals surface area contributed by atoms with Crippen molar-refractivity contribution in [3.63, 3.8) is 0 Å². The van der Waals surface area contributed by atoms with E-state index < -0.39 is 0 Å². The van der Waals surface area contributed by atoms with Crippen LogP contribution in [-0.4, -0.2) is 4.98 Å². The highest BCUT2D eigenvalue weighted by molar-refractivity contribution is 7.26. The molecule has 0 radical (unpaired) electrons. The second-order valence-corrected chi connectivity index (χ2v) is 4.56. The molecule has 68 valence electrons. The lowest BCUT2D eigenvalue weighted by Crippen LogP contribution is -1.71. The Morgan fingerprint density at radius 1 is 1.07 bits per heavy atom. The second kappa shape index (κ2) is 2.94. The summed E-state index contributed by atoms with van der Waals surface area (Å²) in [6, 6.07) is 8.29. The molecule has 0 saturated carbocycles. The van der Waals surface area contributed by atoms with Gasteiger partial charge in [0.25, 0.3) is 0 Å². The average Bonchev–Trinajstić information content (AvgIpc) is 2.59. The predicted octanol–water partition coefficient (Wildman–Crippen LogP) is 4.10. The number of pyridine rings is 1. The first-order chi connectivity index (χ1) is 6.86.